The van der Waals surface area contributed by atoms with Crippen LogP contribution in [0.15, 0.2) is 30.5 Å². The molecular weight excluding hydrogens is 182 g/mol. The molecule has 0 unspecified atom stereocenters. The molecule has 1 rings (SSSR count). The fourth-order valence-corrected chi connectivity index (χ4v) is 1.01. The Hall–Kier alpha value is -0.960. The number of ether oxygens (including phenoxy) is 1. The summed E-state index contributed by atoms with van der Waals surface area (Å²) in [6.07, 6.45) is 5.66. The van der Waals surface area contributed by atoms with Gasteiger partial charge in [-0.3, -0.25) is 0 Å². The van der Waals surface area contributed by atoms with Crippen molar-refractivity contribution in [2.75, 3.05) is 6.61 Å². The van der Waals surface area contributed by atoms with Gasteiger partial charge in [0, 0.05) is 18.0 Å². The fourth-order valence-electron chi connectivity index (χ4n) is 0.820. The van der Waals surface area contributed by atoms with E-state index in [4.69, 9.17) is 4.74 Å². The normalized spacial score (nSPS) is 10.6. The molecule has 0 N–H and O–H groups in total. The van der Waals surface area contributed by atoms with Gasteiger partial charge in [-0.2, -0.15) is 12.6 Å². The van der Waals surface area contributed by atoms with E-state index in [1.54, 1.807) is 6.20 Å². The molecule has 13 heavy (non-hydrogen) atoms. The Labute approximate surface area is 84.1 Å². The number of hydrogen-bond donors (Lipinski definition) is 1. The summed E-state index contributed by atoms with van der Waals surface area (Å²) in [5.74, 6) is 1.37. The fraction of sp³-hybridized carbons (Fsp3) is 0.300. The molecule has 0 aliphatic rings. The molecule has 0 bridgehead atoms. The van der Waals surface area contributed by atoms with Crippen LogP contribution in [0.3, 0.4) is 0 Å². The monoisotopic (exact) mass is 195 g/mol. The van der Waals surface area contributed by atoms with E-state index in [0.29, 0.717) is 18.2 Å². The lowest BCUT2D eigenvalue weighted by Gasteiger charge is -2.01. The highest BCUT2D eigenvalue weighted by atomic mass is 32.1. The molecule has 0 spiro atoms. The number of aromatic nitrogens is 1. The second-order valence-corrected chi connectivity index (χ2v) is 2.86. The third kappa shape index (κ3) is 3.51. The molecule has 0 aliphatic carbocycles. The van der Waals surface area contributed by atoms with Crippen LogP contribution >= 0.6 is 12.6 Å². The summed E-state index contributed by atoms with van der Waals surface area (Å²) in [6.45, 7) is 2.53. The lowest BCUT2D eigenvalue weighted by molar-refractivity contribution is 0.348. The maximum Gasteiger partial charge on any atom is 0.213 e. The molecule has 0 amide bonds. The highest BCUT2D eigenvalue weighted by molar-refractivity contribution is 7.79. The van der Waals surface area contributed by atoms with Crippen molar-refractivity contribution in [1.82, 2.24) is 4.98 Å². The van der Waals surface area contributed by atoms with Gasteiger partial charge in [-0.25, -0.2) is 4.98 Å². The maximum atomic E-state index is 5.32. The maximum absolute atomic E-state index is 5.32. The lowest BCUT2D eigenvalue weighted by atomic mass is 10.3. The number of allylic oxidation sites excluding steroid dienone is 1. The SMILES string of the molecule is C/C=C/COc1ccc(CS)cn1. The standard InChI is InChI=1S/C10H13NOS/c1-2-3-6-12-10-5-4-9(8-13)7-11-10/h2-5,7,13H,6,8H2,1H3/b3-2+. The van der Waals surface area contributed by atoms with Crippen molar-refractivity contribution in [1.29, 1.82) is 0 Å². The summed E-state index contributed by atoms with van der Waals surface area (Å²) in [4.78, 5) is 4.12. The summed E-state index contributed by atoms with van der Waals surface area (Å²) in [5, 5.41) is 0. The minimum atomic E-state index is 0.573. The quantitative estimate of drug-likeness (QED) is 0.589. The lowest BCUT2D eigenvalue weighted by Crippen LogP contribution is -1.95. The molecule has 0 saturated heterocycles. The van der Waals surface area contributed by atoms with Crippen LogP contribution in [0, 0.1) is 0 Å². The molecule has 70 valence electrons. The highest BCUT2D eigenvalue weighted by Crippen LogP contribution is 2.08. The van der Waals surface area contributed by atoms with Gasteiger partial charge in [-0.15, -0.1) is 0 Å². The van der Waals surface area contributed by atoms with Crippen LogP contribution in [0.4, 0.5) is 0 Å². The van der Waals surface area contributed by atoms with Crippen molar-refractivity contribution in [3.05, 3.63) is 36.0 Å². The highest BCUT2D eigenvalue weighted by Gasteiger charge is 1.93. The van der Waals surface area contributed by atoms with Gasteiger partial charge in [0.25, 0.3) is 0 Å². The van der Waals surface area contributed by atoms with Crippen molar-refractivity contribution in [2.45, 2.75) is 12.7 Å². The topological polar surface area (TPSA) is 22.1 Å². The molecule has 1 heterocycles. The van der Waals surface area contributed by atoms with Crippen molar-refractivity contribution >= 4 is 12.6 Å². The first-order chi connectivity index (χ1) is 6.36. The Morgan fingerprint density at radius 2 is 2.38 bits per heavy atom. The third-order valence-electron chi connectivity index (χ3n) is 1.54. The third-order valence-corrected chi connectivity index (χ3v) is 1.91. The van der Waals surface area contributed by atoms with Crippen LogP contribution in [-0.4, -0.2) is 11.6 Å². The zero-order valence-corrected chi connectivity index (χ0v) is 8.50. The molecular formula is C10H13NOS. The van der Waals surface area contributed by atoms with E-state index in [1.807, 2.05) is 31.2 Å². The van der Waals surface area contributed by atoms with Crippen LogP contribution in [-0.2, 0) is 5.75 Å². The molecule has 0 fully saturated rings. The summed E-state index contributed by atoms with van der Waals surface area (Å²) >= 11 is 4.14. The first-order valence-corrected chi connectivity index (χ1v) is 4.80. The van der Waals surface area contributed by atoms with E-state index in [1.165, 1.54) is 0 Å². The van der Waals surface area contributed by atoms with Crippen LogP contribution in [0.5, 0.6) is 5.88 Å². The molecule has 0 aliphatic heterocycles. The van der Waals surface area contributed by atoms with Crippen molar-refractivity contribution in [3.63, 3.8) is 0 Å². The smallest absolute Gasteiger partial charge is 0.213 e. The van der Waals surface area contributed by atoms with Crippen molar-refractivity contribution in [3.8, 4) is 5.88 Å². The minimum Gasteiger partial charge on any atom is -0.473 e. The first kappa shape index (κ1) is 10.1. The Bertz CT molecular complexity index is 269. The molecule has 0 atom stereocenters. The minimum absolute atomic E-state index is 0.573. The largest absolute Gasteiger partial charge is 0.473 e. The van der Waals surface area contributed by atoms with Gasteiger partial charge < -0.3 is 4.74 Å². The summed E-state index contributed by atoms with van der Waals surface area (Å²) in [6, 6.07) is 3.82. The van der Waals surface area contributed by atoms with Crippen molar-refractivity contribution < 1.29 is 4.74 Å². The van der Waals surface area contributed by atoms with E-state index in [2.05, 4.69) is 17.6 Å². The number of hydrogen-bond acceptors (Lipinski definition) is 3. The predicted molar refractivity (Wildman–Crippen MR) is 57.2 cm³/mol. The Balaban J connectivity index is 2.49. The van der Waals surface area contributed by atoms with Gasteiger partial charge in [-0.05, 0) is 12.5 Å². The predicted octanol–water partition coefficient (Wildman–Crippen LogP) is 2.47. The molecule has 0 radical (unpaired) electrons. The van der Waals surface area contributed by atoms with Crippen LogP contribution in [0.25, 0.3) is 0 Å². The van der Waals surface area contributed by atoms with E-state index in [9.17, 15) is 0 Å². The molecule has 3 heteroatoms. The van der Waals surface area contributed by atoms with Gasteiger partial charge in [0.05, 0.1) is 0 Å². The average Bonchev–Trinajstić information content (AvgIpc) is 2.19. The number of nitrogens with zero attached hydrogens (tertiary/aromatic N) is 1. The molecule has 2 nitrogen and oxygen atoms in total. The van der Waals surface area contributed by atoms with Crippen LogP contribution in [0.2, 0.25) is 0 Å². The van der Waals surface area contributed by atoms with E-state index < -0.39 is 0 Å². The van der Waals surface area contributed by atoms with E-state index in [-0.39, 0.29) is 0 Å². The number of rotatable bonds is 4. The van der Waals surface area contributed by atoms with E-state index in [0.717, 1.165) is 5.56 Å². The summed E-state index contributed by atoms with van der Waals surface area (Å²) < 4.78 is 5.32. The summed E-state index contributed by atoms with van der Waals surface area (Å²) in [5.41, 5.74) is 1.10. The Morgan fingerprint density at radius 3 is 2.92 bits per heavy atom. The second kappa shape index (κ2) is 5.65. The van der Waals surface area contributed by atoms with Crippen molar-refractivity contribution in [2.24, 2.45) is 0 Å². The molecule has 1 aromatic heterocycles. The molecule has 1 aromatic rings. The summed E-state index contributed by atoms with van der Waals surface area (Å²) in [7, 11) is 0. The average molecular weight is 195 g/mol. The number of pyridine rings is 1. The molecule has 0 saturated carbocycles. The Morgan fingerprint density at radius 1 is 1.54 bits per heavy atom. The van der Waals surface area contributed by atoms with Gasteiger partial charge in [0.15, 0.2) is 0 Å². The van der Waals surface area contributed by atoms with Gasteiger partial charge in [-0.1, -0.05) is 18.2 Å². The zero-order valence-electron chi connectivity index (χ0n) is 7.60. The van der Waals surface area contributed by atoms with Gasteiger partial charge >= 0.3 is 0 Å². The van der Waals surface area contributed by atoms with Crippen LogP contribution in [0.1, 0.15) is 12.5 Å². The zero-order chi connectivity index (χ0) is 9.52. The van der Waals surface area contributed by atoms with Gasteiger partial charge in [0.2, 0.25) is 5.88 Å². The number of thiol groups is 1. The molecule has 0 aromatic carbocycles. The second-order valence-electron chi connectivity index (χ2n) is 2.54. The van der Waals surface area contributed by atoms with Gasteiger partial charge in [0.1, 0.15) is 6.61 Å². The first-order valence-electron chi connectivity index (χ1n) is 4.16. The Kier molecular flexibility index (Phi) is 4.40. The van der Waals surface area contributed by atoms with Crippen LogP contribution < -0.4 is 4.74 Å². The van der Waals surface area contributed by atoms with E-state index >= 15 is 0 Å².